The van der Waals surface area contributed by atoms with Gasteiger partial charge < -0.3 is 14.5 Å². The van der Waals surface area contributed by atoms with E-state index in [1.54, 1.807) is 7.11 Å². The number of methoxy groups -OCH3 is 1. The molecule has 0 saturated heterocycles. The Hall–Kier alpha value is -5.25. The Morgan fingerprint density at radius 2 is 0.837 bits per heavy atom. The van der Waals surface area contributed by atoms with Crippen molar-refractivity contribution in [2.24, 2.45) is 0 Å². The molecule has 0 aromatic heterocycles. The molecule has 43 heavy (non-hydrogen) atoms. The van der Waals surface area contributed by atoms with Gasteiger partial charge in [-0.25, -0.2) is 0 Å². The third kappa shape index (κ3) is 4.94. The second kappa shape index (κ2) is 11.6. The van der Waals surface area contributed by atoms with Gasteiger partial charge >= 0.3 is 0 Å². The van der Waals surface area contributed by atoms with E-state index < -0.39 is 0 Å². The molecule has 4 heteroatoms. The Labute approximate surface area is 256 Å². The maximum absolute atomic E-state index is 7.59. The lowest BCUT2D eigenvalue weighted by molar-refractivity contribution is 0.415. The van der Waals surface area contributed by atoms with E-state index >= 15 is 0 Å². The lowest BCUT2D eigenvalue weighted by atomic mass is 10.0. The smallest absolute Gasteiger partial charge is 0.123 e. The predicted octanol–water partition coefficient (Wildman–Crippen LogP) is 11.6. The lowest BCUT2D eigenvalue weighted by Gasteiger charge is -2.32. The highest BCUT2D eigenvalue weighted by molar-refractivity contribution is 6.37. The molecule has 0 bridgehead atoms. The molecule has 0 radical (unpaired) electrons. The number of anilines is 6. The average molecular weight is 577 g/mol. The molecule has 0 unspecified atom stereocenters. The molecule has 0 fully saturated rings. The van der Waals surface area contributed by atoms with Gasteiger partial charge in [0.15, 0.2) is 0 Å². The van der Waals surface area contributed by atoms with Crippen molar-refractivity contribution in [3.05, 3.63) is 163 Å². The maximum atomic E-state index is 7.59. The minimum Gasteiger partial charge on any atom is -0.497 e. The normalized spacial score (nSPS) is 11.0. The fourth-order valence-electron chi connectivity index (χ4n) is 5.79. The fraction of sp³-hybridized carbons (Fsp3) is 0.0256. The molecule has 208 valence electrons. The summed E-state index contributed by atoms with van der Waals surface area (Å²) in [6, 6.07) is 54.3. The summed E-state index contributed by atoms with van der Waals surface area (Å²) >= 11 is 7.59. The van der Waals surface area contributed by atoms with Gasteiger partial charge in [-0.15, -0.1) is 0 Å². The van der Waals surface area contributed by atoms with Crippen LogP contribution in [-0.2, 0) is 0 Å². The van der Waals surface area contributed by atoms with Crippen LogP contribution in [-0.4, -0.2) is 7.11 Å². The van der Waals surface area contributed by atoms with Crippen LogP contribution in [0.2, 0.25) is 5.02 Å². The molecule has 3 nitrogen and oxygen atoms in total. The van der Waals surface area contributed by atoms with Crippen molar-refractivity contribution in [3.8, 4) is 5.75 Å². The van der Waals surface area contributed by atoms with Gasteiger partial charge in [-0.1, -0.05) is 121 Å². The molecule has 0 aliphatic carbocycles. The molecule has 0 aliphatic heterocycles. The molecule has 7 aromatic rings. The van der Waals surface area contributed by atoms with E-state index in [0.29, 0.717) is 10.8 Å². The van der Waals surface area contributed by atoms with E-state index in [1.165, 1.54) is 0 Å². The molecular weight excluding hydrogens is 548 g/mol. The number of para-hydroxylation sites is 2. The van der Waals surface area contributed by atoms with Gasteiger partial charge in [0.05, 0.1) is 34.9 Å². The number of ether oxygens (including phenoxy) is 1. The topological polar surface area (TPSA) is 15.7 Å². The van der Waals surface area contributed by atoms with Crippen molar-refractivity contribution in [1.82, 2.24) is 0 Å². The third-order valence-corrected chi connectivity index (χ3v) is 8.16. The lowest BCUT2D eigenvalue weighted by Crippen LogP contribution is -2.15. The highest BCUT2D eigenvalue weighted by Gasteiger charge is 2.25. The number of halogens is 1. The Kier molecular flexibility index (Phi) is 7.16. The zero-order valence-corrected chi connectivity index (χ0v) is 24.4. The van der Waals surface area contributed by atoms with Crippen molar-refractivity contribution < 1.29 is 4.74 Å². The largest absolute Gasteiger partial charge is 0.497 e. The summed E-state index contributed by atoms with van der Waals surface area (Å²) in [5.74, 6) is 0.705. The Morgan fingerprint density at radius 1 is 0.442 bits per heavy atom. The summed E-state index contributed by atoms with van der Waals surface area (Å²) in [6.45, 7) is 0. The van der Waals surface area contributed by atoms with E-state index in [4.69, 9.17) is 16.3 Å². The first-order valence-corrected chi connectivity index (χ1v) is 14.6. The van der Waals surface area contributed by atoms with Crippen LogP contribution in [0.3, 0.4) is 0 Å². The van der Waals surface area contributed by atoms with Crippen LogP contribution in [0.1, 0.15) is 0 Å². The second-order valence-electron chi connectivity index (χ2n) is 10.3. The summed E-state index contributed by atoms with van der Waals surface area (Å²) in [4.78, 5) is 4.45. The predicted molar refractivity (Wildman–Crippen MR) is 182 cm³/mol. The van der Waals surface area contributed by atoms with E-state index in [9.17, 15) is 0 Å². The molecule has 7 rings (SSSR count). The first kappa shape index (κ1) is 26.6. The van der Waals surface area contributed by atoms with Crippen molar-refractivity contribution in [2.75, 3.05) is 16.9 Å². The number of fused-ring (bicyclic) bond motifs is 2. The van der Waals surface area contributed by atoms with E-state index in [-0.39, 0.29) is 0 Å². The summed E-state index contributed by atoms with van der Waals surface area (Å²) in [5, 5.41) is 5.17. The van der Waals surface area contributed by atoms with E-state index in [0.717, 1.165) is 55.7 Å². The van der Waals surface area contributed by atoms with Gasteiger partial charge in [0.1, 0.15) is 5.75 Å². The van der Waals surface area contributed by atoms with Gasteiger partial charge in [0, 0.05) is 34.3 Å². The van der Waals surface area contributed by atoms with Crippen molar-refractivity contribution in [2.45, 2.75) is 0 Å². The standard InChI is InChI=1S/C39H29ClN2O/c1-43-32-26-37(41(30-18-4-2-5-19-30)35-24-12-16-28-14-8-10-22-33(28)35)39(40)38(27-32)42(31-20-6-3-7-21-31)36-25-13-17-29-15-9-11-23-34(29)36/h2-27H,1H3. The van der Waals surface area contributed by atoms with Crippen LogP contribution in [0, 0.1) is 0 Å². The molecule has 0 saturated carbocycles. The minimum absolute atomic E-state index is 0.606. The van der Waals surface area contributed by atoms with Crippen LogP contribution in [0.25, 0.3) is 21.5 Å². The maximum Gasteiger partial charge on any atom is 0.123 e. The zero-order chi connectivity index (χ0) is 29.2. The Morgan fingerprint density at radius 3 is 1.28 bits per heavy atom. The quantitative estimate of drug-likeness (QED) is 0.188. The van der Waals surface area contributed by atoms with Gasteiger partial charge in [-0.2, -0.15) is 0 Å². The zero-order valence-electron chi connectivity index (χ0n) is 23.7. The summed E-state index contributed by atoms with van der Waals surface area (Å²) in [7, 11) is 1.70. The SMILES string of the molecule is COc1cc(N(c2ccccc2)c2cccc3ccccc23)c(Cl)c(N(c2ccccc2)c2cccc3ccccc23)c1. The van der Waals surface area contributed by atoms with E-state index in [1.807, 2.05) is 24.3 Å². The molecule has 0 amide bonds. The van der Waals surface area contributed by atoms with Gasteiger partial charge in [-0.3, -0.25) is 0 Å². The first-order valence-electron chi connectivity index (χ1n) is 14.3. The number of hydrogen-bond donors (Lipinski definition) is 0. The van der Waals surface area contributed by atoms with Gasteiger partial charge in [0.2, 0.25) is 0 Å². The fourth-order valence-corrected chi connectivity index (χ4v) is 6.07. The van der Waals surface area contributed by atoms with Gasteiger partial charge in [-0.05, 0) is 47.2 Å². The summed E-state index contributed by atoms with van der Waals surface area (Å²) < 4.78 is 5.96. The molecule has 0 atom stereocenters. The van der Waals surface area contributed by atoms with Crippen molar-refractivity contribution in [1.29, 1.82) is 0 Å². The molecule has 0 spiro atoms. The highest BCUT2D eigenvalue weighted by Crippen LogP contribution is 2.50. The second-order valence-corrected chi connectivity index (χ2v) is 10.7. The average Bonchev–Trinajstić information content (AvgIpc) is 3.07. The third-order valence-electron chi connectivity index (χ3n) is 7.77. The van der Waals surface area contributed by atoms with Crippen LogP contribution >= 0.6 is 11.6 Å². The van der Waals surface area contributed by atoms with Crippen LogP contribution in [0.4, 0.5) is 34.1 Å². The molecule has 0 heterocycles. The van der Waals surface area contributed by atoms with Gasteiger partial charge in [0.25, 0.3) is 0 Å². The number of hydrogen-bond acceptors (Lipinski definition) is 3. The molecule has 7 aromatic carbocycles. The van der Waals surface area contributed by atoms with Crippen LogP contribution in [0.15, 0.2) is 158 Å². The first-order chi connectivity index (χ1) is 21.2. The molecular formula is C39H29ClN2O. The van der Waals surface area contributed by atoms with Crippen molar-refractivity contribution >= 4 is 67.3 Å². The van der Waals surface area contributed by atoms with Crippen LogP contribution < -0.4 is 14.5 Å². The molecule has 0 N–H and O–H groups in total. The minimum atomic E-state index is 0.606. The highest BCUT2D eigenvalue weighted by atomic mass is 35.5. The number of nitrogens with zero attached hydrogens (tertiary/aromatic N) is 2. The Balaban J connectivity index is 1.53. The van der Waals surface area contributed by atoms with E-state index in [2.05, 4.69) is 143 Å². The molecule has 0 aliphatic rings. The van der Waals surface area contributed by atoms with Crippen molar-refractivity contribution in [3.63, 3.8) is 0 Å². The summed E-state index contributed by atoms with van der Waals surface area (Å²) in [5.41, 5.74) is 5.69. The summed E-state index contributed by atoms with van der Waals surface area (Å²) in [6.07, 6.45) is 0. The number of rotatable bonds is 7. The Bertz CT molecular complexity index is 1890. The van der Waals surface area contributed by atoms with Crippen LogP contribution in [0.5, 0.6) is 5.75 Å². The number of benzene rings is 7. The monoisotopic (exact) mass is 576 g/mol.